The Morgan fingerprint density at radius 1 is 1.24 bits per heavy atom. The first kappa shape index (κ1) is 12.1. The molecule has 0 aliphatic carbocycles. The molecule has 0 amide bonds. The first-order valence-corrected chi connectivity index (χ1v) is 6.31. The average Bonchev–Trinajstić information content (AvgIpc) is 2.32. The molecule has 0 aliphatic rings. The number of halogens is 1. The van der Waals surface area contributed by atoms with E-state index in [4.69, 9.17) is 0 Å². The number of pyridine rings is 1. The second kappa shape index (κ2) is 5.29. The second-order valence-corrected chi connectivity index (χ2v) is 5.00. The van der Waals surface area contributed by atoms with Crippen LogP contribution in [0.2, 0.25) is 0 Å². The van der Waals surface area contributed by atoms with Gasteiger partial charge in [-0.2, -0.15) is 0 Å². The van der Waals surface area contributed by atoms with Gasteiger partial charge in [-0.15, -0.1) is 0 Å². The fourth-order valence-corrected chi connectivity index (χ4v) is 2.64. The lowest BCUT2D eigenvalue weighted by atomic mass is 10.4. The van der Waals surface area contributed by atoms with Gasteiger partial charge in [-0.1, -0.05) is 23.9 Å². The summed E-state index contributed by atoms with van der Waals surface area (Å²) in [4.78, 5) is 15.3. The van der Waals surface area contributed by atoms with Crippen LogP contribution in [-0.4, -0.2) is 9.91 Å². The Hall–Kier alpha value is -1.40. The van der Waals surface area contributed by atoms with E-state index in [9.17, 15) is 10.1 Å². The molecule has 17 heavy (non-hydrogen) atoms. The highest BCUT2D eigenvalue weighted by atomic mass is 79.9. The summed E-state index contributed by atoms with van der Waals surface area (Å²) in [5, 5.41) is 11.2. The van der Waals surface area contributed by atoms with Crippen molar-refractivity contribution in [2.24, 2.45) is 0 Å². The Morgan fingerprint density at radius 2 is 2.00 bits per heavy atom. The van der Waals surface area contributed by atoms with E-state index in [1.165, 1.54) is 17.8 Å². The van der Waals surface area contributed by atoms with Gasteiger partial charge in [0.1, 0.15) is 0 Å². The normalized spacial score (nSPS) is 10.2. The van der Waals surface area contributed by atoms with E-state index < -0.39 is 4.92 Å². The van der Waals surface area contributed by atoms with Gasteiger partial charge in [0, 0.05) is 21.6 Å². The third-order valence-electron chi connectivity index (χ3n) is 1.99. The van der Waals surface area contributed by atoms with Gasteiger partial charge in [0.15, 0.2) is 5.03 Å². The number of benzene rings is 1. The minimum Gasteiger partial charge on any atom is -0.258 e. The quantitative estimate of drug-likeness (QED) is 0.637. The zero-order chi connectivity index (χ0) is 12.3. The maximum Gasteiger partial charge on any atom is 0.301 e. The molecule has 0 fully saturated rings. The molecular weight excluding hydrogens is 304 g/mol. The largest absolute Gasteiger partial charge is 0.301 e. The van der Waals surface area contributed by atoms with Crippen LogP contribution in [0.5, 0.6) is 0 Å². The van der Waals surface area contributed by atoms with E-state index in [0.717, 1.165) is 9.37 Å². The van der Waals surface area contributed by atoms with Crippen molar-refractivity contribution in [3.8, 4) is 0 Å². The van der Waals surface area contributed by atoms with Crippen molar-refractivity contribution in [1.82, 2.24) is 4.98 Å². The van der Waals surface area contributed by atoms with E-state index in [1.54, 1.807) is 12.3 Å². The molecule has 2 rings (SSSR count). The molecule has 0 N–H and O–H groups in total. The molecule has 0 atom stereocenters. The maximum atomic E-state index is 10.8. The Labute approximate surface area is 110 Å². The second-order valence-electron chi connectivity index (χ2n) is 3.12. The molecule has 0 radical (unpaired) electrons. The molecular formula is C11H7BrN2O2S. The maximum absolute atomic E-state index is 10.8. The van der Waals surface area contributed by atoms with Gasteiger partial charge in [0.2, 0.25) is 0 Å². The Bertz CT molecular complexity index is 563. The van der Waals surface area contributed by atoms with Crippen LogP contribution < -0.4 is 0 Å². The van der Waals surface area contributed by atoms with Crippen molar-refractivity contribution in [3.63, 3.8) is 0 Å². The van der Waals surface area contributed by atoms with Gasteiger partial charge < -0.3 is 0 Å². The summed E-state index contributed by atoms with van der Waals surface area (Å²) in [5.41, 5.74) is 0.0215. The SMILES string of the molecule is O=[N+]([O-])c1cccnc1Sc1ccccc1Br. The van der Waals surface area contributed by atoms with Crippen LogP contribution in [0.15, 0.2) is 57.0 Å². The molecule has 0 saturated carbocycles. The summed E-state index contributed by atoms with van der Waals surface area (Å²) >= 11 is 4.67. The first-order valence-electron chi connectivity index (χ1n) is 4.70. The van der Waals surface area contributed by atoms with Crippen LogP contribution in [0.4, 0.5) is 5.69 Å². The van der Waals surface area contributed by atoms with Crippen LogP contribution in [-0.2, 0) is 0 Å². The Morgan fingerprint density at radius 3 is 2.71 bits per heavy atom. The van der Waals surface area contributed by atoms with Gasteiger partial charge in [0.05, 0.1) is 4.92 Å². The molecule has 1 heterocycles. The van der Waals surface area contributed by atoms with Crippen molar-refractivity contribution in [3.05, 3.63) is 57.2 Å². The van der Waals surface area contributed by atoms with Crippen molar-refractivity contribution in [2.45, 2.75) is 9.92 Å². The lowest BCUT2D eigenvalue weighted by Crippen LogP contribution is -1.92. The van der Waals surface area contributed by atoms with Crippen molar-refractivity contribution in [2.75, 3.05) is 0 Å². The van der Waals surface area contributed by atoms with Crippen molar-refractivity contribution < 1.29 is 4.92 Å². The van der Waals surface area contributed by atoms with Gasteiger partial charge in [-0.25, -0.2) is 4.98 Å². The molecule has 86 valence electrons. The van der Waals surface area contributed by atoms with Crippen LogP contribution in [0.25, 0.3) is 0 Å². The molecule has 0 aliphatic heterocycles. The zero-order valence-corrected chi connectivity index (χ0v) is 10.9. The highest BCUT2D eigenvalue weighted by Crippen LogP contribution is 2.36. The fraction of sp³-hybridized carbons (Fsp3) is 0. The van der Waals surface area contributed by atoms with Crippen LogP contribution in [0, 0.1) is 10.1 Å². The predicted octanol–water partition coefficient (Wildman–Crippen LogP) is 3.90. The minimum atomic E-state index is -0.424. The molecule has 4 nitrogen and oxygen atoms in total. The molecule has 0 spiro atoms. The standard InChI is InChI=1S/C11H7BrN2O2S/c12-8-4-1-2-6-10(8)17-11-9(14(15)16)5-3-7-13-11/h1-7H. The lowest BCUT2D eigenvalue weighted by molar-refractivity contribution is -0.388. The topological polar surface area (TPSA) is 56.0 Å². The number of hydrogen-bond acceptors (Lipinski definition) is 4. The van der Waals surface area contributed by atoms with Gasteiger partial charge in [-0.05, 0) is 34.1 Å². The molecule has 6 heteroatoms. The molecule has 0 unspecified atom stereocenters. The van der Waals surface area contributed by atoms with Crippen molar-refractivity contribution >= 4 is 33.4 Å². The first-order chi connectivity index (χ1) is 8.18. The fourth-order valence-electron chi connectivity index (χ4n) is 1.23. The predicted molar refractivity (Wildman–Crippen MR) is 69.2 cm³/mol. The van der Waals surface area contributed by atoms with Gasteiger partial charge in [-0.3, -0.25) is 10.1 Å². The number of rotatable bonds is 3. The molecule has 1 aromatic heterocycles. The highest BCUT2D eigenvalue weighted by Gasteiger charge is 2.15. The van der Waals surface area contributed by atoms with E-state index in [-0.39, 0.29) is 5.69 Å². The Balaban J connectivity index is 2.37. The average molecular weight is 311 g/mol. The highest BCUT2D eigenvalue weighted by molar-refractivity contribution is 9.10. The molecule has 2 aromatic rings. The van der Waals surface area contributed by atoms with Crippen LogP contribution >= 0.6 is 27.7 Å². The zero-order valence-electron chi connectivity index (χ0n) is 8.54. The summed E-state index contributed by atoms with van der Waals surface area (Å²) in [7, 11) is 0. The summed E-state index contributed by atoms with van der Waals surface area (Å²) in [5.74, 6) is 0. The lowest BCUT2D eigenvalue weighted by Gasteiger charge is -2.03. The third kappa shape index (κ3) is 2.83. The summed E-state index contributed by atoms with van der Waals surface area (Å²) in [6, 6.07) is 10.5. The summed E-state index contributed by atoms with van der Waals surface area (Å²) in [6.07, 6.45) is 1.55. The number of aromatic nitrogens is 1. The van der Waals surface area contributed by atoms with Crippen LogP contribution in [0.3, 0.4) is 0 Å². The van der Waals surface area contributed by atoms with Gasteiger partial charge >= 0.3 is 5.69 Å². The monoisotopic (exact) mass is 310 g/mol. The number of hydrogen-bond donors (Lipinski definition) is 0. The smallest absolute Gasteiger partial charge is 0.258 e. The van der Waals surface area contributed by atoms with E-state index in [1.807, 2.05) is 24.3 Å². The van der Waals surface area contributed by atoms with Gasteiger partial charge in [0.25, 0.3) is 0 Å². The minimum absolute atomic E-state index is 0.0215. The third-order valence-corrected chi connectivity index (χ3v) is 4.03. The van der Waals surface area contributed by atoms with E-state index in [2.05, 4.69) is 20.9 Å². The summed E-state index contributed by atoms with van der Waals surface area (Å²) in [6.45, 7) is 0. The summed E-state index contributed by atoms with van der Waals surface area (Å²) < 4.78 is 0.893. The van der Waals surface area contributed by atoms with Crippen LogP contribution in [0.1, 0.15) is 0 Å². The van der Waals surface area contributed by atoms with E-state index >= 15 is 0 Å². The molecule has 0 bridgehead atoms. The number of nitro groups is 1. The van der Waals surface area contributed by atoms with Crippen molar-refractivity contribution in [1.29, 1.82) is 0 Å². The molecule has 0 saturated heterocycles. The van der Waals surface area contributed by atoms with E-state index in [0.29, 0.717) is 5.03 Å². The number of nitrogens with zero attached hydrogens (tertiary/aromatic N) is 2. The molecule has 1 aromatic carbocycles. The Kier molecular flexibility index (Phi) is 3.75.